The molecule has 1 N–H and O–H groups in total. The van der Waals surface area contributed by atoms with Gasteiger partial charge in [-0.05, 0) is 48.0 Å². The summed E-state index contributed by atoms with van der Waals surface area (Å²) in [6.45, 7) is 0. The van der Waals surface area contributed by atoms with E-state index in [2.05, 4.69) is 15.5 Å². The molecule has 0 aliphatic rings. The molecule has 2 aromatic carbocycles. The molecule has 0 fully saturated rings. The van der Waals surface area contributed by atoms with Gasteiger partial charge in [-0.2, -0.15) is 0 Å². The van der Waals surface area contributed by atoms with Gasteiger partial charge in [-0.3, -0.25) is 4.79 Å². The van der Waals surface area contributed by atoms with E-state index in [-0.39, 0.29) is 5.91 Å². The fourth-order valence-electron chi connectivity index (χ4n) is 2.02. The molecule has 3 rings (SSSR count). The standard InChI is InChI=1S/C18H15N3O2S2/c1-23-15-4-2-3-13(11-15)5-10-17(22)20-14-6-8-16(9-7-14)25-18-21-19-12-24-18/h2-12H,1H3,(H,20,22). The highest BCUT2D eigenvalue weighted by Gasteiger charge is 2.02. The minimum absolute atomic E-state index is 0.188. The SMILES string of the molecule is COc1cccc(C=CC(=O)Nc2ccc(Sc3nncs3)cc2)c1. The number of nitrogens with one attached hydrogen (secondary N) is 1. The molecule has 3 aromatic rings. The van der Waals surface area contributed by atoms with E-state index < -0.39 is 0 Å². The van der Waals surface area contributed by atoms with Crippen LogP contribution in [0.15, 0.2) is 69.4 Å². The van der Waals surface area contributed by atoms with Gasteiger partial charge >= 0.3 is 0 Å². The van der Waals surface area contributed by atoms with E-state index >= 15 is 0 Å². The number of benzene rings is 2. The fourth-order valence-corrected chi connectivity index (χ4v) is 3.47. The third kappa shape index (κ3) is 5.17. The van der Waals surface area contributed by atoms with E-state index in [1.165, 1.54) is 29.2 Å². The van der Waals surface area contributed by atoms with E-state index in [4.69, 9.17) is 4.74 Å². The number of anilines is 1. The lowest BCUT2D eigenvalue weighted by Gasteiger charge is -2.04. The number of nitrogens with zero attached hydrogens (tertiary/aromatic N) is 2. The maximum absolute atomic E-state index is 12.0. The summed E-state index contributed by atoms with van der Waals surface area (Å²) in [5.41, 5.74) is 3.34. The second kappa shape index (κ2) is 8.46. The molecular formula is C18H15N3O2S2. The molecule has 1 aromatic heterocycles. The number of methoxy groups -OCH3 is 1. The Bertz CT molecular complexity index is 862. The summed E-state index contributed by atoms with van der Waals surface area (Å²) in [5.74, 6) is 0.568. The molecule has 0 saturated heterocycles. The number of carbonyl (C=O) groups is 1. The minimum Gasteiger partial charge on any atom is -0.497 e. The third-order valence-corrected chi connectivity index (χ3v) is 4.97. The highest BCUT2D eigenvalue weighted by atomic mass is 32.2. The first kappa shape index (κ1) is 17.2. The van der Waals surface area contributed by atoms with E-state index in [0.717, 1.165) is 26.2 Å². The van der Waals surface area contributed by atoms with Gasteiger partial charge < -0.3 is 10.1 Å². The number of hydrogen-bond acceptors (Lipinski definition) is 6. The van der Waals surface area contributed by atoms with Gasteiger partial charge in [0.2, 0.25) is 5.91 Å². The summed E-state index contributed by atoms with van der Waals surface area (Å²) in [4.78, 5) is 13.1. The number of amides is 1. The zero-order valence-electron chi connectivity index (χ0n) is 13.4. The van der Waals surface area contributed by atoms with Crippen LogP contribution in [0.3, 0.4) is 0 Å². The molecule has 0 radical (unpaired) electrons. The van der Waals surface area contributed by atoms with Crippen molar-refractivity contribution in [2.24, 2.45) is 0 Å². The second-order valence-corrected chi connectivity index (χ2v) is 7.08. The van der Waals surface area contributed by atoms with Crippen LogP contribution in [-0.4, -0.2) is 23.2 Å². The highest BCUT2D eigenvalue weighted by Crippen LogP contribution is 2.29. The van der Waals surface area contributed by atoms with Crippen molar-refractivity contribution >= 4 is 40.8 Å². The molecule has 7 heteroatoms. The minimum atomic E-state index is -0.188. The van der Waals surface area contributed by atoms with Crippen molar-refractivity contribution in [2.75, 3.05) is 12.4 Å². The van der Waals surface area contributed by atoms with Gasteiger partial charge in [0.15, 0.2) is 4.34 Å². The van der Waals surface area contributed by atoms with Crippen LogP contribution in [0.2, 0.25) is 0 Å². The van der Waals surface area contributed by atoms with Crippen molar-refractivity contribution < 1.29 is 9.53 Å². The summed E-state index contributed by atoms with van der Waals surface area (Å²) in [6, 6.07) is 15.1. The van der Waals surface area contributed by atoms with Gasteiger partial charge in [0.25, 0.3) is 0 Å². The van der Waals surface area contributed by atoms with Gasteiger partial charge in [-0.15, -0.1) is 10.2 Å². The average molecular weight is 369 g/mol. The third-order valence-electron chi connectivity index (χ3n) is 3.19. The topological polar surface area (TPSA) is 64.1 Å². The predicted octanol–water partition coefficient (Wildman–Crippen LogP) is 4.35. The molecule has 0 atom stereocenters. The smallest absolute Gasteiger partial charge is 0.248 e. The summed E-state index contributed by atoms with van der Waals surface area (Å²) < 4.78 is 6.05. The molecular weight excluding hydrogens is 354 g/mol. The van der Waals surface area contributed by atoms with Crippen LogP contribution < -0.4 is 10.1 Å². The van der Waals surface area contributed by atoms with E-state index in [0.29, 0.717) is 0 Å². The fraction of sp³-hybridized carbons (Fsp3) is 0.0556. The lowest BCUT2D eigenvalue weighted by molar-refractivity contribution is -0.111. The molecule has 0 unspecified atom stereocenters. The van der Waals surface area contributed by atoms with E-state index in [1.807, 2.05) is 48.5 Å². The lowest BCUT2D eigenvalue weighted by Crippen LogP contribution is -2.07. The van der Waals surface area contributed by atoms with Crippen molar-refractivity contribution in [3.63, 3.8) is 0 Å². The molecule has 0 spiro atoms. The number of carbonyl (C=O) groups excluding carboxylic acids is 1. The van der Waals surface area contributed by atoms with Gasteiger partial charge in [-0.25, -0.2) is 0 Å². The van der Waals surface area contributed by atoms with Gasteiger partial charge in [-0.1, -0.05) is 35.2 Å². The van der Waals surface area contributed by atoms with Gasteiger partial charge in [0.05, 0.1) is 7.11 Å². The normalized spacial score (nSPS) is 10.8. The van der Waals surface area contributed by atoms with Crippen LogP contribution in [0.5, 0.6) is 5.75 Å². The summed E-state index contributed by atoms with van der Waals surface area (Å²) in [5, 5.41) is 10.6. The first-order valence-corrected chi connectivity index (χ1v) is 9.10. The van der Waals surface area contributed by atoms with Crippen LogP contribution in [0.4, 0.5) is 5.69 Å². The largest absolute Gasteiger partial charge is 0.497 e. The zero-order valence-corrected chi connectivity index (χ0v) is 15.0. The molecule has 1 heterocycles. The Labute approximate surface area is 153 Å². The van der Waals surface area contributed by atoms with Crippen LogP contribution in [0.1, 0.15) is 5.56 Å². The van der Waals surface area contributed by atoms with Crippen LogP contribution in [0, 0.1) is 0 Å². The summed E-state index contributed by atoms with van der Waals surface area (Å²) >= 11 is 3.03. The van der Waals surface area contributed by atoms with Crippen LogP contribution in [-0.2, 0) is 4.79 Å². The maximum Gasteiger partial charge on any atom is 0.248 e. The Hall–Kier alpha value is -2.64. The van der Waals surface area contributed by atoms with Gasteiger partial charge in [0, 0.05) is 16.7 Å². The number of aromatic nitrogens is 2. The average Bonchev–Trinajstić information content (AvgIpc) is 3.15. The van der Waals surface area contributed by atoms with E-state index in [9.17, 15) is 4.79 Å². The first-order chi connectivity index (χ1) is 12.2. The van der Waals surface area contributed by atoms with Crippen molar-refractivity contribution in [2.45, 2.75) is 9.24 Å². The van der Waals surface area contributed by atoms with Gasteiger partial charge in [0.1, 0.15) is 11.3 Å². The maximum atomic E-state index is 12.0. The Morgan fingerprint density at radius 2 is 2.08 bits per heavy atom. The number of rotatable bonds is 6. The molecule has 126 valence electrons. The molecule has 1 amide bonds. The summed E-state index contributed by atoms with van der Waals surface area (Å²) in [6.07, 6.45) is 3.25. The first-order valence-electron chi connectivity index (χ1n) is 7.40. The number of ether oxygens (including phenoxy) is 1. The molecule has 25 heavy (non-hydrogen) atoms. The number of hydrogen-bond donors (Lipinski definition) is 1. The molecule has 0 bridgehead atoms. The van der Waals surface area contributed by atoms with E-state index in [1.54, 1.807) is 18.7 Å². The molecule has 0 aliphatic carbocycles. The second-order valence-electron chi connectivity index (χ2n) is 4.93. The molecule has 0 aliphatic heterocycles. The monoisotopic (exact) mass is 369 g/mol. The Balaban J connectivity index is 1.57. The summed E-state index contributed by atoms with van der Waals surface area (Å²) in [7, 11) is 1.61. The molecule has 0 saturated carbocycles. The highest BCUT2D eigenvalue weighted by molar-refractivity contribution is 8.01. The van der Waals surface area contributed by atoms with Crippen molar-refractivity contribution in [1.29, 1.82) is 0 Å². The zero-order chi connectivity index (χ0) is 17.5. The predicted molar refractivity (Wildman–Crippen MR) is 101 cm³/mol. The lowest BCUT2D eigenvalue weighted by atomic mass is 10.2. The Kier molecular flexibility index (Phi) is 5.81. The van der Waals surface area contributed by atoms with Crippen molar-refractivity contribution in [1.82, 2.24) is 10.2 Å². The Morgan fingerprint density at radius 1 is 1.24 bits per heavy atom. The van der Waals surface area contributed by atoms with Crippen LogP contribution in [0.25, 0.3) is 6.08 Å². The van der Waals surface area contributed by atoms with Crippen molar-refractivity contribution in [3.05, 3.63) is 65.7 Å². The quantitative estimate of drug-likeness (QED) is 0.655. The Morgan fingerprint density at radius 3 is 2.80 bits per heavy atom. The molecule has 5 nitrogen and oxygen atoms in total. The van der Waals surface area contributed by atoms with Crippen LogP contribution >= 0.6 is 23.1 Å². The van der Waals surface area contributed by atoms with Crippen molar-refractivity contribution in [3.8, 4) is 5.75 Å².